The first-order valence-electron chi connectivity index (χ1n) is 8.56. The average molecular weight is 318 g/mol. The maximum atomic E-state index is 12.3. The normalized spacial score (nSPS) is 19.3. The molecule has 1 unspecified atom stereocenters. The molecule has 0 amide bonds. The molecule has 0 heterocycles. The third-order valence-corrected chi connectivity index (χ3v) is 7.36. The summed E-state index contributed by atoms with van der Waals surface area (Å²) in [6.07, 6.45) is 6.01. The minimum atomic E-state index is -2.99. The molecular weight excluding hydrogens is 282 g/mol. The summed E-state index contributed by atoms with van der Waals surface area (Å²) in [5.74, 6) is 2.22. The highest BCUT2D eigenvalue weighted by molar-refractivity contribution is 7.92. The maximum Gasteiger partial charge on any atom is 0.155 e. The zero-order valence-corrected chi connectivity index (χ0v) is 15.4. The fourth-order valence-electron chi connectivity index (χ4n) is 3.10. The van der Waals surface area contributed by atoms with Gasteiger partial charge in [0.25, 0.3) is 0 Å². The maximum absolute atomic E-state index is 12.3. The van der Waals surface area contributed by atoms with E-state index in [2.05, 4.69) is 19.2 Å². The summed E-state index contributed by atoms with van der Waals surface area (Å²) in [6.45, 7) is 11.8. The van der Waals surface area contributed by atoms with Crippen LogP contribution in [0.15, 0.2) is 0 Å². The molecule has 1 saturated carbocycles. The number of hydrogen-bond donors (Lipinski definition) is 1. The first kappa shape index (κ1) is 19.0. The van der Waals surface area contributed by atoms with Gasteiger partial charge in [0.1, 0.15) is 0 Å². The van der Waals surface area contributed by atoms with Crippen molar-refractivity contribution in [2.75, 3.05) is 18.8 Å². The minimum absolute atomic E-state index is 0.334. The van der Waals surface area contributed by atoms with Gasteiger partial charge in [0.15, 0.2) is 9.84 Å². The fraction of sp³-hybridized carbons (Fsp3) is 1.00. The first-order valence-corrected chi connectivity index (χ1v) is 10.2. The summed E-state index contributed by atoms with van der Waals surface area (Å²) in [5, 5.41) is 3.54. The Morgan fingerprint density at radius 3 is 2.14 bits per heavy atom. The lowest BCUT2D eigenvalue weighted by atomic mass is 9.88. The van der Waals surface area contributed by atoms with Crippen molar-refractivity contribution in [1.82, 2.24) is 5.32 Å². The van der Waals surface area contributed by atoms with Gasteiger partial charge >= 0.3 is 0 Å². The Morgan fingerprint density at radius 2 is 1.67 bits per heavy atom. The second kappa shape index (κ2) is 7.96. The Hall–Kier alpha value is -0.0900. The molecule has 0 aromatic rings. The highest BCUT2D eigenvalue weighted by Crippen LogP contribution is 2.33. The van der Waals surface area contributed by atoms with Gasteiger partial charge in [-0.05, 0) is 58.0 Å². The van der Waals surface area contributed by atoms with Crippen molar-refractivity contribution < 1.29 is 8.42 Å². The van der Waals surface area contributed by atoms with Crippen LogP contribution in [0.5, 0.6) is 0 Å². The third kappa shape index (κ3) is 6.27. The fourth-order valence-corrected chi connectivity index (χ4v) is 4.33. The number of sulfone groups is 1. The molecule has 0 aliphatic heterocycles. The Morgan fingerprint density at radius 1 is 1.10 bits per heavy atom. The van der Waals surface area contributed by atoms with Crippen LogP contribution in [-0.2, 0) is 9.84 Å². The molecule has 0 saturated heterocycles. The molecule has 1 N–H and O–H groups in total. The summed E-state index contributed by atoms with van der Waals surface area (Å²) in [7, 11) is -2.99. The molecule has 0 aromatic heterocycles. The van der Waals surface area contributed by atoms with Crippen LogP contribution in [-0.4, -0.2) is 32.0 Å². The van der Waals surface area contributed by atoms with Gasteiger partial charge in [-0.15, -0.1) is 0 Å². The van der Waals surface area contributed by atoms with Gasteiger partial charge in [-0.25, -0.2) is 8.42 Å². The molecule has 21 heavy (non-hydrogen) atoms. The number of rotatable bonds is 8. The monoisotopic (exact) mass is 317 g/mol. The molecule has 1 rings (SSSR count). The molecule has 1 atom stereocenters. The lowest BCUT2D eigenvalue weighted by molar-refractivity contribution is 0.309. The van der Waals surface area contributed by atoms with Gasteiger partial charge in [0.05, 0.1) is 10.5 Å². The van der Waals surface area contributed by atoms with Crippen LogP contribution in [0.4, 0.5) is 0 Å². The Labute approximate surface area is 132 Å². The SMILES string of the molecule is CC(C)CNCC(CCS(=O)(=O)C(C)(C)C)C1CCCC1. The van der Waals surface area contributed by atoms with Crippen molar-refractivity contribution in [3.63, 3.8) is 0 Å². The van der Waals surface area contributed by atoms with E-state index in [4.69, 9.17) is 0 Å². The van der Waals surface area contributed by atoms with Gasteiger partial charge in [0, 0.05) is 0 Å². The smallest absolute Gasteiger partial charge is 0.155 e. The van der Waals surface area contributed by atoms with E-state index in [-0.39, 0.29) is 0 Å². The van der Waals surface area contributed by atoms with E-state index in [1.807, 2.05) is 20.8 Å². The van der Waals surface area contributed by atoms with E-state index < -0.39 is 14.6 Å². The van der Waals surface area contributed by atoms with Crippen molar-refractivity contribution in [3.05, 3.63) is 0 Å². The molecule has 0 spiro atoms. The molecule has 1 aliphatic rings. The Bertz CT molecular complexity index is 390. The quantitative estimate of drug-likeness (QED) is 0.743. The van der Waals surface area contributed by atoms with Gasteiger partial charge in [0.2, 0.25) is 0 Å². The van der Waals surface area contributed by atoms with E-state index in [9.17, 15) is 8.42 Å². The van der Waals surface area contributed by atoms with E-state index in [0.717, 1.165) is 25.4 Å². The van der Waals surface area contributed by atoms with E-state index >= 15 is 0 Å². The number of nitrogens with one attached hydrogen (secondary N) is 1. The van der Waals surface area contributed by atoms with Crippen LogP contribution in [0.2, 0.25) is 0 Å². The largest absolute Gasteiger partial charge is 0.316 e. The van der Waals surface area contributed by atoms with Gasteiger partial charge in [-0.2, -0.15) is 0 Å². The average Bonchev–Trinajstić information content (AvgIpc) is 2.85. The Kier molecular flexibility index (Phi) is 7.18. The predicted molar refractivity (Wildman–Crippen MR) is 91.3 cm³/mol. The van der Waals surface area contributed by atoms with Gasteiger partial charge in [-0.1, -0.05) is 39.5 Å². The molecule has 0 radical (unpaired) electrons. The van der Waals surface area contributed by atoms with Crippen LogP contribution in [0.3, 0.4) is 0 Å². The van der Waals surface area contributed by atoms with Crippen molar-refractivity contribution >= 4 is 9.84 Å². The molecule has 126 valence electrons. The van der Waals surface area contributed by atoms with Crippen LogP contribution < -0.4 is 5.32 Å². The molecule has 3 nitrogen and oxygen atoms in total. The molecule has 0 aromatic carbocycles. The van der Waals surface area contributed by atoms with Crippen LogP contribution in [0, 0.1) is 17.8 Å². The van der Waals surface area contributed by atoms with Crippen molar-refractivity contribution in [2.24, 2.45) is 17.8 Å². The van der Waals surface area contributed by atoms with E-state index in [1.54, 1.807) is 0 Å². The zero-order valence-electron chi connectivity index (χ0n) is 14.6. The highest BCUT2D eigenvalue weighted by Gasteiger charge is 2.31. The van der Waals surface area contributed by atoms with Crippen molar-refractivity contribution in [2.45, 2.75) is 71.5 Å². The topological polar surface area (TPSA) is 46.2 Å². The summed E-state index contributed by atoms with van der Waals surface area (Å²) < 4.78 is 24.0. The lowest BCUT2D eigenvalue weighted by Crippen LogP contribution is -2.35. The molecule has 0 bridgehead atoms. The van der Waals surface area contributed by atoms with Crippen LogP contribution in [0.1, 0.15) is 66.7 Å². The second-order valence-corrected chi connectivity index (χ2v) is 10.9. The van der Waals surface area contributed by atoms with Gasteiger partial charge in [-0.3, -0.25) is 0 Å². The van der Waals surface area contributed by atoms with Crippen LogP contribution in [0.25, 0.3) is 0 Å². The molecule has 1 aliphatic carbocycles. The molecular formula is C17H35NO2S. The summed E-state index contributed by atoms with van der Waals surface area (Å²) in [6, 6.07) is 0. The molecule has 4 heteroatoms. The second-order valence-electron chi connectivity index (χ2n) is 8.08. The number of hydrogen-bond acceptors (Lipinski definition) is 3. The predicted octanol–water partition coefficient (Wildman–Crippen LogP) is 3.64. The van der Waals surface area contributed by atoms with Crippen molar-refractivity contribution in [3.8, 4) is 0 Å². The molecule has 1 fully saturated rings. The van der Waals surface area contributed by atoms with Gasteiger partial charge < -0.3 is 5.32 Å². The lowest BCUT2D eigenvalue weighted by Gasteiger charge is -2.26. The van der Waals surface area contributed by atoms with E-state index in [0.29, 0.717) is 17.6 Å². The summed E-state index contributed by atoms with van der Waals surface area (Å²) >= 11 is 0. The minimum Gasteiger partial charge on any atom is -0.316 e. The summed E-state index contributed by atoms with van der Waals surface area (Å²) in [5.41, 5.74) is 0. The third-order valence-electron chi connectivity index (χ3n) is 4.72. The first-order chi connectivity index (χ1) is 9.63. The van der Waals surface area contributed by atoms with E-state index in [1.165, 1.54) is 25.7 Å². The zero-order chi connectivity index (χ0) is 16.1. The Balaban J connectivity index is 2.56. The van der Waals surface area contributed by atoms with Crippen LogP contribution >= 0.6 is 0 Å². The standard InChI is InChI=1S/C17H35NO2S/c1-14(2)12-18-13-16(15-8-6-7-9-15)10-11-21(19,20)17(3,4)5/h14-16,18H,6-13H2,1-5H3. The highest BCUT2D eigenvalue weighted by atomic mass is 32.2. The summed E-state index contributed by atoms with van der Waals surface area (Å²) in [4.78, 5) is 0. The van der Waals surface area contributed by atoms with Crippen molar-refractivity contribution in [1.29, 1.82) is 0 Å².